The highest BCUT2D eigenvalue weighted by Crippen LogP contribution is 2.12. The molecule has 1 radical (unpaired) electrons. The summed E-state index contributed by atoms with van der Waals surface area (Å²) in [6, 6.07) is 0. The molecule has 0 aromatic carbocycles. The van der Waals surface area contributed by atoms with Gasteiger partial charge in [-0.25, -0.2) is 4.39 Å². The zero-order chi connectivity index (χ0) is 8.85. The molecule has 0 rings (SSSR count). The van der Waals surface area contributed by atoms with E-state index in [2.05, 4.69) is 11.7 Å². The number of halogens is 3. The van der Waals surface area contributed by atoms with Crippen molar-refractivity contribution in [2.75, 3.05) is 6.61 Å². The lowest BCUT2D eigenvalue weighted by Crippen LogP contribution is -2.00. The topological polar surface area (TPSA) is 26.3 Å². The lowest BCUT2D eigenvalue weighted by molar-refractivity contribution is -0.138. The summed E-state index contributed by atoms with van der Waals surface area (Å²) in [6.07, 6.45) is -2.99. The summed E-state index contributed by atoms with van der Waals surface area (Å²) >= 11 is 0. The van der Waals surface area contributed by atoms with Gasteiger partial charge in [-0.05, 0) is 0 Å². The first-order valence-corrected chi connectivity index (χ1v) is 2.72. The van der Waals surface area contributed by atoms with E-state index in [1.54, 1.807) is 0 Å². The van der Waals surface area contributed by atoms with Crippen molar-refractivity contribution < 1.29 is 22.7 Å². The fourth-order valence-electron chi connectivity index (χ4n) is 0.349. The molecular formula is C6H6F3O2. The zero-order valence-electron chi connectivity index (χ0n) is 5.57. The molecule has 0 aromatic rings. The van der Waals surface area contributed by atoms with E-state index in [4.69, 9.17) is 0 Å². The summed E-state index contributed by atoms with van der Waals surface area (Å²) in [4.78, 5) is 9.94. The fourth-order valence-corrected chi connectivity index (χ4v) is 0.349. The molecule has 11 heavy (non-hydrogen) atoms. The van der Waals surface area contributed by atoms with Crippen molar-refractivity contribution in [2.24, 2.45) is 0 Å². The Balaban J connectivity index is 3.56. The zero-order valence-corrected chi connectivity index (χ0v) is 5.57. The molecule has 0 N–H and O–H groups in total. The Morgan fingerprint density at radius 1 is 1.36 bits per heavy atom. The van der Waals surface area contributed by atoms with Gasteiger partial charge < -0.3 is 4.74 Å². The lowest BCUT2D eigenvalue weighted by Gasteiger charge is -1.97. The maximum Gasteiger partial charge on any atom is 0.306 e. The van der Waals surface area contributed by atoms with Crippen LogP contribution in [0, 0.1) is 6.92 Å². The Kier molecular flexibility index (Phi) is 4.33. The van der Waals surface area contributed by atoms with Crippen LogP contribution in [0.3, 0.4) is 0 Å². The molecule has 0 bridgehead atoms. The van der Waals surface area contributed by atoms with Gasteiger partial charge in [-0.2, -0.15) is 8.78 Å². The monoisotopic (exact) mass is 167 g/mol. The maximum atomic E-state index is 11.9. The standard InChI is InChI=1S/C6H6F3O2/c1-4(10)11-3-2-5(7)6(8)9/h1-3H2. The van der Waals surface area contributed by atoms with Gasteiger partial charge in [0.15, 0.2) is 5.83 Å². The van der Waals surface area contributed by atoms with Crippen molar-refractivity contribution in [1.82, 2.24) is 0 Å². The van der Waals surface area contributed by atoms with Gasteiger partial charge in [0.1, 0.15) is 0 Å². The van der Waals surface area contributed by atoms with E-state index in [1.807, 2.05) is 0 Å². The number of carbonyl (C=O) groups excluding carboxylic acids is 1. The van der Waals surface area contributed by atoms with Gasteiger partial charge in [0, 0.05) is 6.42 Å². The van der Waals surface area contributed by atoms with Crippen molar-refractivity contribution in [3.05, 3.63) is 18.8 Å². The second kappa shape index (κ2) is 4.76. The summed E-state index contributed by atoms with van der Waals surface area (Å²) in [5.41, 5.74) is 0. The molecule has 0 saturated heterocycles. The Labute approximate surface area is 61.6 Å². The summed E-state index contributed by atoms with van der Waals surface area (Å²) in [5, 5.41) is 0. The maximum absolute atomic E-state index is 11.9. The van der Waals surface area contributed by atoms with Gasteiger partial charge in [-0.1, -0.05) is 0 Å². The first-order valence-electron chi connectivity index (χ1n) is 2.72. The Bertz CT molecular complexity index is 173. The molecule has 0 unspecified atom stereocenters. The van der Waals surface area contributed by atoms with Crippen LogP contribution in [-0.4, -0.2) is 12.6 Å². The van der Waals surface area contributed by atoms with Gasteiger partial charge >= 0.3 is 12.0 Å². The molecule has 5 heteroatoms. The van der Waals surface area contributed by atoms with Crippen LogP contribution >= 0.6 is 0 Å². The normalized spacial score (nSPS) is 9.09. The number of esters is 1. The highest BCUT2D eigenvalue weighted by atomic mass is 19.3. The predicted molar refractivity (Wildman–Crippen MR) is 31.3 cm³/mol. The molecule has 0 aromatic heterocycles. The average molecular weight is 167 g/mol. The van der Waals surface area contributed by atoms with E-state index in [-0.39, 0.29) is 0 Å². The Morgan fingerprint density at radius 2 is 1.91 bits per heavy atom. The third kappa shape index (κ3) is 5.44. The molecule has 0 aliphatic heterocycles. The molecule has 63 valence electrons. The van der Waals surface area contributed by atoms with Gasteiger partial charge in [0.2, 0.25) is 0 Å². The largest absolute Gasteiger partial charge is 0.465 e. The molecule has 2 nitrogen and oxygen atoms in total. The average Bonchev–Trinajstić information content (AvgIpc) is 1.86. The van der Waals surface area contributed by atoms with Gasteiger partial charge in [0.05, 0.1) is 13.5 Å². The van der Waals surface area contributed by atoms with E-state index in [1.165, 1.54) is 0 Å². The molecule has 0 amide bonds. The number of hydrogen-bond acceptors (Lipinski definition) is 2. The van der Waals surface area contributed by atoms with Crippen molar-refractivity contribution in [3.8, 4) is 0 Å². The number of rotatable bonds is 3. The molecule has 0 aliphatic rings. The third-order valence-electron chi connectivity index (χ3n) is 0.790. The van der Waals surface area contributed by atoms with Crippen LogP contribution in [-0.2, 0) is 9.53 Å². The van der Waals surface area contributed by atoms with Gasteiger partial charge in [-0.3, -0.25) is 4.79 Å². The minimum atomic E-state index is -2.38. The number of carbonyl (C=O) groups is 1. The highest BCUT2D eigenvalue weighted by Gasteiger charge is 2.04. The van der Waals surface area contributed by atoms with E-state index >= 15 is 0 Å². The molecule has 0 atom stereocenters. The third-order valence-corrected chi connectivity index (χ3v) is 0.790. The van der Waals surface area contributed by atoms with E-state index in [9.17, 15) is 18.0 Å². The van der Waals surface area contributed by atoms with Crippen LogP contribution in [0.15, 0.2) is 11.9 Å². The smallest absolute Gasteiger partial charge is 0.306 e. The van der Waals surface area contributed by atoms with Crippen molar-refractivity contribution in [2.45, 2.75) is 6.42 Å². The lowest BCUT2D eigenvalue weighted by atomic mass is 10.4. The fraction of sp³-hybridized carbons (Fsp3) is 0.333. The molecule has 0 heterocycles. The second-order valence-electron chi connectivity index (χ2n) is 1.64. The Morgan fingerprint density at radius 3 is 2.27 bits per heavy atom. The molecule has 0 aliphatic carbocycles. The molecular weight excluding hydrogens is 161 g/mol. The molecule has 0 saturated carbocycles. The van der Waals surface area contributed by atoms with E-state index in [0.29, 0.717) is 0 Å². The quantitative estimate of drug-likeness (QED) is 0.599. The summed E-state index contributed by atoms with van der Waals surface area (Å²) in [7, 11) is 0. The second-order valence-corrected chi connectivity index (χ2v) is 1.64. The van der Waals surface area contributed by atoms with E-state index < -0.39 is 30.9 Å². The van der Waals surface area contributed by atoms with Crippen LogP contribution in [0.1, 0.15) is 6.42 Å². The Hall–Kier alpha value is -1.00. The van der Waals surface area contributed by atoms with Crippen molar-refractivity contribution in [3.63, 3.8) is 0 Å². The number of hydrogen-bond donors (Lipinski definition) is 0. The molecule has 0 spiro atoms. The van der Waals surface area contributed by atoms with Crippen LogP contribution in [0.4, 0.5) is 13.2 Å². The van der Waals surface area contributed by atoms with Crippen molar-refractivity contribution >= 4 is 5.97 Å². The minimum absolute atomic E-state index is 0.411. The van der Waals surface area contributed by atoms with Crippen molar-refractivity contribution in [1.29, 1.82) is 0 Å². The molecule has 0 fully saturated rings. The SMILES string of the molecule is [CH2]C(=O)OCCC(F)=C(F)F. The van der Waals surface area contributed by atoms with Crippen LogP contribution < -0.4 is 0 Å². The highest BCUT2D eigenvalue weighted by molar-refractivity contribution is 5.73. The summed E-state index contributed by atoms with van der Waals surface area (Å²) in [6.45, 7) is 2.38. The first-order chi connectivity index (χ1) is 5.04. The van der Waals surface area contributed by atoms with Crippen LogP contribution in [0.25, 0.3) is 0 Å². The number of ether oxygens (including phenoxy) is 1. The van der Waals surface area contributed by atoms with Gasteiger partial charge in [-0.15, -0.1) is 0 Å². The minimum Gasteiger partial charge on any atom is -0.465 e. The predicted octanol–water partition coefficient (Wildman–Crippen LogP) is 1.83. The summed E-state index contributed by atoms with van der Waals surface area (Å²) in [5.74, 6) is -2.43. The summed E-state index contributed by atoms with van der Waals surface area (Å²) < 4.78 is 38.6. The first kappa shape index (κ1) is 10.0. The van der Waals surface area contributed by atoms with E-state index in [0.717, 1.165) is 0 Å². The van der Waals surface area contributed by atoms with Crippen LogP contribution in [0.5, 0.6) is 0 Å². The van der Waals surface area contributed by atoms with Crippen LogP contribution in [0.2, 0.25) is 0 Å². The van der Waals surface area contributed by atoms with Gasteiger partial charge in [0.25, 0.3) is 0 Å².